The van der Waals surface area contributed by atoms with Gasteiger partial charge >= 0.3 is 0 Å². The van der Waals surface area contributed by atoms with E-state index in [1.165, 1.54) is 7.11 Å². The maximum absolute atomic E-state index is 11.0. The summed E-state index contributed by atoms with van der Waals surface area (Å²) in [7, 11) is 4.71. The lowest BCUT2D eigenvalue weighted by atomic mass is 10.1. The first-order chi connectivity index (χ1) is 7.46. The van der Waals surface area contributed by atoms with Crippen molar-refractivity contribution >= 4 is 19.7 Å². The average molecular weight is 265 g/mol. The van der Waals surface area contributed by atoms with Crippen LogP contribution in [0.2, 0.25) is 0 Å². The largest absolute Gasteiger partial charge is 0.497 e. The Morgan fingerprint density at radius 3 is 2.44 bits per heavy atom. The first-order valence-electron chi connectivity index (χ1n) is 4.53. The lowest BCUT2D eigenvalue weighted by molar-refractivity contribution is 0.184. The summed E-state index contributed by atoms with van der Waals surface area (Å²) in [4.78, 5) is 0. The highest BCUT2D eigenvalue weighted by Gasteiger charge is 2.12. The second kappa shape index (κ2) is 5.52. The van der Waals surface area contributed by atoms with Crippen LogP contribution in [0.3, 0.4) is 0 Å². The molecule has 1 aromatic carbocycles. The van der Waals surface area contributed by atoms with Gasteiger partial charge in [-0.1, -0.05) is 6.07 Å². The quantitative estimate of drug-likeness (QED) is 0.763. The molecule has 0 amide bonds. The summed E-state index contributed by atoms with van der Waals surface area (Å²) in [6.07, 6.45) is 0. The van der Waals surface area contributed by atoms with Crippen LogP contribution in [0.4, 0.5) is 0 Å². The van der Waals surface area contributed by atoms with Crippen molar-refractivity contribution in [2.75, 3.05) is 14.2 Å². The Kier molecular flexibility index (Phi) is 4.58. The molecule has 0 heterocycles. The molecule has 1 rings (SSSR count). The molecular formula is C10H13ClO4S. The van der Waals surface area contributed by atoms with E-state index in [1.54, 1.807) is 25.3 Å². The van der Waals surface area contributed by atoms with E-state index in [4.69, 9.17) is 20.2 Å². The highest BCUT2D eigenvalue weighted by Crippen LogP contribution is 2.21. The van der Waals surface area contributed by atoms with E-state index in [0.717, 1.165) is 5.56 Å². The van der Waals surface area contributed by atoms with Crippen molar-refractivity contribution in [2.45, 2.75) is 12.4 Å². The van der Waals surface area contributed by atoms with Crippen LogP contribution >= 0.6 is 10.7 Å². The van der Waals surface area contributed by atoms with Gasteiger partial charge in [-0.3, -0.25) is 0 Å². The number of hydrogen-bond acceptors (Lipinski definition) is 4. The smallest absolute Gasteiger partial charge is 0.236 e. The Bertz CT molecular complexity index is 456. The minimum absolute atomic E-state index is 0.232. The lowest BCUT2D eigenvalue weighted by Gasteiger charge is -2.09. The zero-order valence-corrected chi connectivity index (χ0v) is 10.6. The summed E-state index contributed by atoms with van der Waals surface area (Å²) in [5, 5.41) is 0. The minimum atomic E-state index is -3.58. The van der Waals surface area contributed by atoms with Crippen molar-refractivity contribution in [3.63, 3.8) is 0 Å². The summed E-state index contributed by atoms with van der Waals surface area (Å²) < 4.78 is 32.1. The number of ether oxygens (including phenoxy) is 2. The summed E-state index contributed by atoms with van der Waals surface area (Å²) in [5.74, 6) is 0.361. The van der Waals surface area contributed by atoms with Crippen molar-refractivity contribution in [1.29, 1.82) is 0 Å². The third kappa shape index (κ3) is 4.00. The molecule has 0 fully saturated rings. The first kappa shape index (κ1) is 13.3. The van der Waals surface area contributed by atoms with E-state index in [-0.39, 0.29) is 5.75 Å². The van der Waals surface area contributed by atoms with Crippen LogP contribution in [0.5, 0.6) is 5.75 Å². The van der Waals surface area contributed by atoms with Crippen molar-refractivity contribution in [3.05, 3.63) is 29.3 Å². The zero-order chi connectivity index (χ0) is 12.2. The summed E-state index contributed by atoms with van der Waals surface area (Å²) in [5.41, 5.74) is 1.38. The lowest BCUT2D eigenvalue weighted by Crippen LogP contribution is -2.02. The number of methoxy groups -OCH3 is 2. The van der Waals surface area contributed by atoms with E-state index in [9.17, 15) is 8.42 Å². The second-order valence-electron chi connectivity index (χ2n) is 3.25. The molecule has 6 heteroatoms. The average Bonchev–Trinajstić information content (AvgIpc) is 2.18. The monoisotopic (exact) mass is 264 g/mol. The highest BCUT2D eigenvalue weighted by atomic mass is 35.7. The Balaban J connectivity index is 3.09. The number of halogens is 1. The van der Waals surface area contributed by atoms with Gasteiger partial charge in [-0.05, 0) is 23.3 Å². The van der Waals surface area contributed by atoms with Gasteiger partial charge < -0.3 is 9.47 Å². The van der Waals surface area contributed by atoms with E-state index in [0.29, 0.717) is 17.9 Å². The third-order valence-electron chi connectivity index (χ3n) is 2.04. The molecule has 0 radical (unpaired) electrons. The fraction of sp³-hybridized carbons (Fsp3) is 0.400. The van der Waals surface area contributed by atoms with Gasteiger partial charge in [0.15, 0.2) is 0 Å². The minimum Gasteiger partial charge on any atom is -0.497 e. The molecule has 4 nitrogen and oxygen atoms in total. The molecule has 0 bridgehead atoms. The van der Waals surface area contributed by atoms with Crippen molar-refractivity contribution in [3.8, 4) is 5.75 Å². The van der Waals surface area contributed by atoms with Gasteiger partial charge in [0.25, 0.3) is 0 Å². The first-order valence-corrected chi connectivity index (χ1v) is 7.01. The Morgan fingerprint density at radius 1 is 1.25 bits per heavy atom. The van der Waals surface area contributed by atoms with Gasteiger partial charge in [-0.15, -0.1) is 0 Å². The van der Waals surface area contributed by atoms with Crippen LogP contribution in [0.1, 0.15) is 11.1 Å². The molecule has 0 aliphatic heterocycles. The van der Waals surface area contributed by atoms with Crippen LogP contribution in [-0.2, 0) is 26.1 Å². The van der Waals surface area contributed by atoms with Crippen molar-refractivity contribution in [2.24, 2.45) is 0 Å². The zero-order valence-electron chi connectivity index (χ0n) is 9.07. The molecule has 0 aromatic heterocycles. The molecule has 90 valence electrons. The second-order valence-corrected chi connectivity index (χ2v) is 6.03. The van der Waals surface area contributed by atoms with Gasteiger partial charge in [0.05, 0.1) is 19.5 Å². The number of hydrogen-bond donors (Lipinski definition) is 0. The molecule has 0 aliphatic rings. The van der Waals surface area contributed by atoms with Gasteiger partial charge in [0.1, 0.15) is 5.75 Å². The predicted molar refractivity (Wildman–Crippen MR) is 62.2 cm³/mol. The van der Waals surface area contributed by atoms with Crippen LogP contribution in [0, 0.1) is 0 Å². The van der Waals surface area contributed by atoms with E-state index in [1.807, 2.05) is 0 Å². The molecule has 0 N–H and O–H groups in total. The normalized spacial score (nSPS) is 11.4. The molecule has 0 spiro atoms. The van der Waals surface area contributed by atoms with Crippen LogP contribution < -0.4 is 4.74 Å². The summed E-state index contributed by atoms with van der Waals surface area (Å²) >= 11 is 0. The molecule has 1 aromatic rings. The molecule has 0 saturated carbocycles. The fourth-order valence-corrected chi connectivity index (χ4v) is 2.34. The predicted octanol–water partition coefficient (Wildman–Crippen LogP) is 1.91. The van der Waals surface area contributed by atoms with E-state index >= 15 is 0 Å². The standard InChI is InChI=1S/C10H13ClO4S/c1-14-6-8-3-4-10(15-2)5-9(8)7-16(11,12)13/h3-5H,6-7H2,1-2H3. The Morgan fingerprint density at radius 2 is 1.94 bits per heavy atom. The van der Waals surface area contributed by atoms with E-state index < -0.39 is 9.05 Å². The maximum Gasteiger partial charge on any atom is 0.236 e. The molecule has 0 saturated heterocycles. The highest BCUT2D eigenvalue weighted by molar-refractivity contribution is 8.13. The third-order valence-corrected chi connectivity index (χ3v) is 3.02. The number of benzene rings is 1. The molecule has 0 aliphatic carbocycles. The van der Waals surface area contributed by atoms with Gasteiger partial charge in [0.2, 0.25) is 9.05 Å². The summed E-state index contributed by atoms with van der Waals surface area (Å²) in [6, 6.07) is 5.16. The van der Waals surface area contributed by atoms with Crippen LogP contribution in [-0.4, -0.2) is 22.6 Å². The van der Waals surface area contributed by atoms with Crippen molar-refractivity contribution in [1.82, 2.24) is 0 Å². The summed E-state index contributed by atoms with van der Waals surface area (Å²) in [6.45, 7) is 0.339. The fourth-order valence-electron chi connectivity index (χ4n) is 1.35. The molecule has 0 atom stereocenters. The Hall–Kier alpha value is -0.780. The van der Waals surface area contributed by atoms with Gasteiger partial charge in [-0.2, -0.15) is 0 Å². The van der Waals surface area contributed by atoms with Gasteiger partial charge in [0, 0.05) is 17.8 Å². The SMILES string of the molecule is COCc1ccc(OC)cc1CS(=O)(=O)Cl. The topological polar surface area (TPSA) is 52.6 Å². The van der Waals surface area contributed by atoms with Crippen molar-refractivity contribution < 1.29 is 17.9 Å². The molecule has 0 unspecified atom stereocenters. The maximum atomic E-state index is 11.0. The van der Waals surface area contributed by atoms with Crippen LogP contribution in [0.15, 0.2) is 18.2 Å². The van der Waals surface area contributed by atoms with E-state index in [2.05, 4.69) is 0 Å². The molecular weight excluding hydrogens is 252 g/mol. The Labute approximate surface area is 99.6 Å². The van der Waals surface area contributed by atoms with Gasteiger partial charge in [-0.25, -0.2) is 8.42 Å². The number of rotatable bonds is 5. The van der Waals surface area contributed by atoms with Crippen LogP contribution in [0.25, 0.3) is 0 Å². The molecule has 16 heavy (non-hydrogen) atoms.